The summed E-state index contributed by atoms with van der Waals surface area (Å²) in [6.45, 7) is 8.78. The molecule has 0 amide bonds. The van der Waals surface area contributed by atoms with Crippen LogP contribution in [0.1, 0.15) is 41.0 Å². The lowest BCUT2D eigenvalue weighted by Crippen LogP contribution is -2.11. The number of hydrogen-bond donors (Lipinski definition) is 1. The second-order valence-corrected chi connectivity index (χ2v) is 5.30. The normalized spacial score (nSPS) is 12.7. The third kappa shape index (κ3) is 2.53. The summed E-state index contributed by atoms with van der Waals surface area (Å²) in [5.41, 5.74) is 5.01. The van der Waals surface area contributed by atoms with E-state index in [1.165, 1.54) is 11.1 Å². The predicted octanol–water partition coefficient (Wildman–Crippen LogP) is 3.56. The van der Waals surface area contributed by atoms with E-state index in [1.807, 2.05) is 26.8 Å². The van der Waals surface area contributed by atoms with Gasteiger partial charge in [0.25, 0.3) is 0 Å². The molecule has 4 heteroatoms. The highest BCUT2D eigenvalue weighted by atomic mass is 35.5. The van der Waals surface area contributed by atoms with Crippen LogP contribution in [0.4, 0.5) is 0 Å². The van der Waals surface area contributed by atoms with Gasteiger partial charge in [-0.1, -0.05) is 23.7 Å². The summed E-state index contributed by atoms with van der Waals surface area (Å²) in [6, 6.07) is 4.12. The van der Waals surface area contributed by atoms with E-state index in [0.717, 1.165) is 11.1 Å². The summed E-state index contributed by atoms with van der Waals surface area (Å²) in [4.78, 5) is 0. The first-order valence-electron chi connectivity index (χ1n) is 6.42. The molecule has 0 aliphatic rings. The van der Waals surface area contributed by atoms with E-state index in [2.05, 4.69) is 18.1 Å². The van der Waals surface area contributed by atoms with Gasteiger partial charge in [-0.15, -0.1) is 0 Å². The molecular weight excluding hydrogens is 260 g/mol. The quantitative estimate of drug-likeness (QED) is 0.932. The number of aliphatic hydroxyl groups excluding tert-OH is 1. The van der Waals surface area contributed by atoms with Gasteiger partial charge in [0.15, 0.2) is 0 Å². The molecule has 102 valence electrons. The van der Waals surface area contributed by atoms with Crippen LogP contribution in [0, 0.1) is 20.8 Å². The summed E-state index contributed by atoms with van der Waals surface area (Å²) in [7, 11) is 0. The van der Waals surface area contributed by atoms with Gasteiger partial charge in [0.1, 0.15) is 6.10 Å². The van der Waals surface area contributed by atoms with Crippen LogP contribution in [-0.4, -0.2) is 14.9 Å². The first-order chi connectivity index (χ1) is 8.95. The minimum absolute atomic E-state index is 0.506. The lowest BCUT2D eigenvalue weighted by atomic mass is 9.96. The first kappa shape index (κ1) is 14.1. The van der Waals surface area contributed by atoms with Crippen LogP contribution in [0.3, 0.4) is 0 Å². The maximum absolute atomic E-state index is 10.6. The van der Waals surface area contributed by atoms with E-state index in [0.29, 0.717) is 17.3 Å². The van der Waals surface area contributed by atoms with Gasteiger partial charge in [0.05, 0.1) is 16.9 Å². The van der Waals surface area contributed by atoms with Crippen LogP contribution in [-0.2, 0) is 6.54 Å². The van der Waals surface area contributed by atoms with Crippen molar-refractivity contribution >= 4 is 11.6 Å². The van der Waals surface area contributed by atoms with Crippen molar-refractivity contribution in [1.82, 2.24) is 9.78 Å². The fourth-order valence-electron chi connectivity index (χ4n) is 2.32. The number of benzene rings is 1. The Labute approximate surface area is 118 Å². The van der Waals surface area contributed by atoms with Crippen LogP contribution >= 0.6 is 11.6 Å². The second-order valence-electron chi connectivity index (χ2n) is 4.89. The Hall–Kier alpha value is -1.32. The predicted molar refractivity (Wildman–Crippen MR) is 77.6 cm³/mol. The minimum atomic E-state index is -0.741. The van der Waals surface area contributed by atoms with Crippen LogP contribution in [0.5, 0.6) is 0 Å². The van der Waals surface area contributed by atoms with Crippen molar-refractivity contribution in [3.05, 3.63) is 51.3 Å². The van der Waals surface area contributed by atoms with Crippen molar-refractivity contribution in [3.8, 4) is 0 Å². The number of halogens is 1. The lowest BCUT2D eigenvalue weighted by molar-refractivity contribution is 0.207. The van der Waals surface area contributed by atoms with Crippen molar-refractivity contribution in [3.63, 3.8) is 0 Å². The topological polar surface area (TPSA) is 38.0 Å². The van der Waals surface area contributed by atoms with Crippen LogP contribution < -0.4 is 0 Å². The Morgan fingerprint density at radius 3 is 2.47 bits per heavy atom. The highest BCUT2D eigenvalue weighted by Crippen LogP contribution is 2.31. The average Bonchev–Trinajstić information content (AvgIpc) is 2.74. The van der Waals surface area contributed by atoms with Crippen molar-refractivity contribution in [2.45, 2.75) is 40.3 Å². The van der Waals surface area contributed by atoms with E-state index >= 15 is 0 Å². The van der Waals surface area contributed by atoms with Gasteiger partial charge < -0.3 is 5.11 Å². The highest BCUT2D eigenvalue weighted by Gasteiger charge is 2.21. The molecule has 0 fully saturated rings. The zero-order valence-corrected chi connectivity index (χ0v) is 12.5. The summed E-state index contributed by atoms with van der Waals surface area (Å²) in [5.74, 6) is 0. The molecule has 1 unspecified atom stereocenters. The average molecular weight is 279 g/mol. The Kier molecular flexibility index (Phi) is 3.97. The SMILES string of the molecule is CCn1ncc(Cl)c1C(O)c1cc(C)c(C)cc1C. The van der Waals surface area contributed by atoms with Crippen LogP contribution in [0.25, 0.3) is 0 Å². The van der Waals surface area contributed by atoms with Crippen LogP contribution in [0.15, 0.2) is 18.3 Å². The number of nitrogens with zero attached hydrogens (tertiary/aromatic N) is 2. The van der Waals surface area contributed by atoms with Gasteiger partial charge in [-0.2, -0.15) is 5.10 Å². The zero-order valence-electron chi connectivity index (χ0n) is 11.7. The van der Waals surface area contributed by atoms with Gasteiger partial charge in [-0.05, 0) is 49.9 Å². The largest absolute Gasteiger partial charge is 0.382 e. The second kappa shape index (κ2) is 5.35. The maximum atomic E-state index is 10.6. The molecule has 0 radical (unpaired) electrons. The summed E-state index contributed by atoms with van der Waals surface area (Å²) >= 11 is 6.15. The van der Waals surface area contributed by atoms with Crippen LogP contribution in [0.2, 0.25) is 5.02 Å². The standard InChI is InChI=1S/C15H19ClN2O/c1-5-18-14(13(16)8-17-18)15(19)12-7-10(3)9(2)6-11(12)4/h6-8,15,19H,5H2,1-4H3. The van der Waals surface area contributed by atoms with Gasteiger partial charge in [-0.25, -0.2) is 0 Å². The van der Waals surface area contributed by atoms with Crippen molar-refractivity contribution in [2.75, 3.05) is 0 Å². The molecule has 1 heterocycles. The first-order valence-corrected chi connectivity index (χ1v) is 6.80. The third-order valence-electron chi connectivity index (χ3n) is 3.57. The van der Waals surface area contributed by atoms with Gasteiger partial charge in [0, 0.05) is 6.54 Å². The number of aliphatic hydroxyl groups is 1. The molecule has 2 aromatic rings. The fourth-order valence-corrected chi connectivity index (χ4v) is 2.57. The molecule has 0 bridgehead atoms. The molecule has 2 rings (SSSR count). The molecule has 1 N–H and O–H groups in total. The molecule has 0 saturated carbocycles. The fraction of sp³-hybridized carbons (Fsp3) is 0.400. The van der Waals surface area contributed by atoms with E-state index in [-0.39, 0.29) is 0 Å². The summed E-state index contributed by atoms with van der Waals surface area (Å²) in [6.07, 6.45) is 0.842. The zero-order chi connectivity index (χ0) is 14.2. The Bertz CT molecular complexity index is 604. The number of rotatable bonds is 3. The molecule has 1 atom stereocenters. The molecule has 19 heavy (non-hydrogen) atoms. The molecule has 1 aromatic carbocycles. The Balaban J connectivity index is 2.52. The highest BCUT2D eigenvalue weighted by molar-refractivity contribution is 6.31. The van der Waals surface area contributed by atoms with E-state index < -0.39 is 6.10 Å². The minimum Gasteiger partial charge on any atom is -0.382 e. The monoisotopic (exact) mass is 278 g/mol. The summed E-state index contributed by atoms with van der Waals surface area (Å²) < 4.78 is 1.74. The van der Waals surface area contributed by atoms with E-state index in [9.17, 15) is 5.11 Å². The molecule has 0 aliphatic carbocycles. The molecule has 0 spiro atoms. The lowest BCUT2D eigenvalue weighted by Gasteiger charge is -2.17. The van der Waals surface area contributed by atoms with Gasteiger partial charge >= 0.3 is 0 Å². The van der Waals surface area contributed by atoms with E-state index in [4.69, 9.17) is 11.6 Å². The molecule has 0 aliphatic heterocycles. The maximum Gasteiger partial charge on any atom is 0.122 e. The summed E-state index contributed by atoms with van der Waals surface area (Å²) in [5, 5.41) is 15.3. The smallest absolute Gasteiger partial charge is 0.122 e. The third-order valence-corrected chi connectivity index (χ3v) is 3.86. The number of hydrogen-bond acceptors (Lipinski definition) is 2. The molecular formula is C15H19ClN2O. The number of aryl methyl sites for hydroxylation is 4. The van der Waals surface area contributed by atoms with E-state index in [1.54, 1.807) is 10.9 Å². The Morgan fingerprint density at radius 2 is 1.84 bits per heavy atom. The molecule has 3 nitrogen and oxygen atoms in total. The van der Waals surface area contributed by atoms with Gasteiger partial charge in [-0.3, -0.25) is 4.68 Å². The Morgan fingerprint density at radius 1 is 1.21 bits per heavy atom. The van der Waals surface area contributed by atoms with Crippen molar-refractivity contribution < 1.29 is 5.11 Å². The molecule has 1 aromatic heterocycles. The number of aromatic nitrogens is 2. The van der Waals surface area contributed by atoms with Crippen molar-refractivity contribution in [2.24, 2.45) is 0 Å². The van der Waals surface area contributed by atoms with Crippen molar-refractivity contribution in [1.29, 1.82) is 0 Å². The molecule has 0 saturated heterocycles. The van der Waals surface area contributed by atoms with Gasteiger partial charge in [0.2, 0.25) is 0 Å².